The summed E-state index contributed by atoms with van der Waals surface area (Å²) in [6.45, 7) is 5.06. The van der Waals surface area contributed by atoms with Gasteiger partial charge in [0.15, 0.2) is 17.2 Å². The van der Waals surface area contributed by atoms with Crippen molar-refractivity contribution in [3.8, 4) is 0 Å². The summed E-state index contributed by atoms with van der Waals surface area (Å²) in [6.07, 6.45) is 3.25. The zero-order chi connectivity index (χ0) is 17.5. The van der Waals surface area contributed by atoms with Crippen molar-refractivity contribution in [1.29, 1.82) is 0 Å². The summed E-state index contributed by atoms with van der Waals surface area (Å²) < 4.78 is 11.5. The molecule has 0 bridgehead atoms. The predicted octanol–water partition coefficient (Wildman–Crippen LogP) is 2.41. The van der Waals surface area contributed by atoms with Crippen molar-refractivity contribution in [3.05, 3.63) is 47.5 Å². The van der Waals surface area contributed by atoms with Crippen LogP contribution >= 0.6 is 0 Å². The first kappa shape index (κ1) is 16.6. The number of allylic oxidation sites excluding steroid dienone is 1. The standard InChI is InChI=1S/C19H20O5/c1-12-4-6-14(7-5-12)17(22)24-19(13(2)20)11-23-18(3)9-8-15(21)10-16(18)19/h4-9,16H,10-11H2,1-3H3/t16-,18+,19+/m1/s1. The predicted molar refractivity (Wildman–Crippen MR) is 86.6 cm³/mol. The smallest absolute Gasteiger partial charge is 0.339 e. The molecule has 0 N–H and O–H groups in total. The molecular formula is C19H20O5. The van der Waals surface area contributed by atoms with Gasteiger partial charge in [-0.05, 0) is 45.1 Å². The van der Waals surface area contributed by atoms with E-state index in [0.29, 0.717) is 5.56 Å². The van der Waals surface area contributed by atoms with Gasteiger partial charge in [0.1, 0.15) is 0 Å². The first-order valence-electron chi connectivity index (χ1n) is 7.94. The van der Waals surface area contributed by atoms with Crippen LogP contribution < -0.4 is 0 Å². The molecule has 1 aliphatic carbocycles. The van der Waals surface area contributed by atoms with Crippen LogP contribution in [0.2, 0.25) is 0 Å². The van der Waals surface area contributed by atoms with Crippen molar-refractivity contribution >= 4 is 17.5 Å². The van der Waals surface area contributed by atoms with Crippen LogP contribution in [0.5, 0.6) is 0 Å². The highest BCUT2D eigenvalue weighted by atomic mass is 16.6. The molecule has 0 unspecified atom stereocenters. The van der Waals surface area contributed by atoms with Crippen LogP contribution in [0.1, 0.15) is 36.2 Å². The Morgan fingerprint density at radius 2 is 1.92 bits per heavy atom. The van der Waals surface area contributed by atoms with E-state index in [4.69, 9.17) is 9.47 Å². The number of ether oxygens (including phenoxy) is 2. The SMILES string of the molecule is CC(=O)[C@@]1(OC(=O)c2ccc(C)cc2)CO[C@@]2(C)C=CC(=O)C[C@@H]12. The Morgan fingerprint density at radius 1 is 1.25 bits per heavy atom. The van der Waals surface area contributed by atoms with Crippen molar-refractivity contribution in [2.75, 3.05) is 6.61 Å². The number of benzene rings is 1. The lowest BCUT2D eigenvalue weighted by atomic mass is 9.71. The average molecular weight is 328 g/mol. The molecule has 1 fully saturated rings. The van der Waals surface area contributed by atoms with Crippen molar-refractivity contribution in [1.82, 2.24) is 0 Å². The fraction of sp³-hybridized carbons (Fsp3) is 0.421. The van der Waals surface area contributed by atoms with E-state index in [1.54, 1.807) is 30.3 Å². The zero-order valence-electron chi connectivity index (χ0n) is 14.0. The molecule has 0 radical (unpaired) electrons. The maximum absolute atomic E-state index is 12.5. The van der Waals surface area contributed by atoms with Gasteiger partial charge < -0.3 is 9.47 Å². The second kappa shape index (κ2) is 5.67. The first-order valence-corrected chi connectivity index (χ1v) is 7.94. The molecule has 0 aromatic heterocycles. The monoisotopic (exact) mass is 328 g/mol. The number of aryl methyl sites for hydroxylation is 1. The Kier molecular flexibility index (Phi) is 3.92. The van der Waals surface area contributed by atoms with Crippen LogP contribution in [0.25, 0.3) is 0 Å². The summed E-state index contributed by atoms with van der Waals surface area (Å²) in [7, 11) is 0. The Labute approximate surface area is 140 Å². The Morgan fingerprint density at radius 3 is 2.54 bits per heavy atom. The summed E-state index contributed by atoms with van der Waals surface area (Å²) in [4.78, 5) is 36.8. The van der Waals surface area contributed by atoms with Crippen LogP contribution in [0.15, 0.2) is 36.4 Å². The molecule has 2 aliphatic rings. The lowest BCUT2D eigenvalue weighted by Crippen LogP contribution is -2.53. The van der Waals surface area contributed by atoms with Gasteiger partial charge in [0.25, 0.3) is 0 Å². The van der Waals surface area contributed by atoms with Crippen LogP contribution in [0, 0.1) is 12.8 Å². The number of fused-ring (bicyclic) bond motifs is 1. The third-order valence-corrected chi connectivity index (χ3v) is 5.02. The van der Waals surface area contributed by atoms with E-state index in [0.717, 1.165) is 5.56 Å². The molecule has 1 aromatic rings. The number of carbonyl (C=O) groups is 3. The minimum atomic E-state index is -1.43. The van der Waals surface area contributed by atoms with E-state index in [1.807, 2.05) is 13.8 Å². The van der Waals surface area contributed by atoms with Gasteiger partial charge in [0, 0.05) is 12.3 Å². The first-order chi connectivity index (χ1) is 11.3. The summed E-state index contributed by atoms with van der Waals surface area (Å²) in [5.74, 6) is -1.51. The molecule has 3 atom stereocenters. The van der Waals surface area contributed by atoms with Gasteiger partial charge in [-0.2, -0.15) is 0 Å². The number of esters is 1. The molecule has 24 heavy (non-hydrogen) atoms. The van der Waals surface area contributed by atoms with Crippen molar-refractivity contribution in [3.63, 3.8) is 0 Å². The normalized spacial score (nSPS) is 31.6. The van der Waals surface area contributed by atoms with Crippen LogP contribution in [-0.2, 0) is 19.1 Å². The number of ketones is 2. The minimum absolute atomic E-state index is 0.0429. The third-order valence-electron chi connectivity index (χ3n) is 5.02. The second-order valence-corrected chi connectivity index (χ2v) is 6.73. The molecule has 5 nitrogen and oxygen atoms in total. The fourth-order valence-corrected chi connectivity index (χ4v) is 3.42. The van der Waals surface area contributed by atoms with Gasteiger partial charge in [-0.25, -0.2) is 4.79 Å². The van der Waals surface area contributed by atoms with Crippen LogP contribution in [-0.4, -0.2) is 35.3 Å². The number of Topliss-reactive ketones (excluding diaryl/α,β-unsaturated/α-hetero) is 1. The van der Waals surface area contributed by atoms with Crippen molar-refractivity contribution < 1.29 is 23.9 Å². The molecular weight excluding hydrogens is 308 g/mol. The van der Waals surface area contributed by atoms with Crippen molar-refractivity contribution in [2.24, 2.45) is 5.92 Å². The molecule has 0 saturated carbocycles. The van der Waals surface area contributed by atoms with E-state index in [-0.39, 0.29) is 24.6 Å². The number of hydrogen-bond donors (Lipinski definition) is 0. The van der Waals surface area contributed by atoms with E-state index in [1.165, 1.54) is 13.0 Å². The Balaban J connectivity index is 1.94. The second-order valence-electron chi connectivity index (χ2n) is 6.73. The Bertz CT molecular complexity index is 733. The third kappa shape index (κ3) is 2.59. The largest absolute Gasteiger partial charge is 0.445 e. The molecule has 1 saturated heterocycles. The quantitative estimate of drug-likeness (QED) is 0.797. The molecule has 126 valence electrons. The highest BCUT2D eigenvalue weighted by Gasteiger charge is 2.62. The number of rotatable bonds is 3. The molecule has 1 aromatic carbocycles. The van der Waals surface area contributed by atoms with E-state index in [2.05, 4.69) is 0 Å². The summed E-state index contributed by atoms with van der Waals surface area (Å²) in [5, 5.41) is 0. The highest BCUT2D eigenvalue weighted by Crippen LogP contribution is 2.47. The van der Waals surface area contributed by atoms with Gasteiger partial charge in [0.2, 0.25) is 0 Å². The summed E-state index contributed by atoms with van der Waals surface area (Å²) >= 11 is 0. The lowest BCUT2D eigenvalue weighted by molar-refractivity contribution is -0.141. The van der Waals surface area contributed by atoms with Gasteiger partial charge in [0.05, 0.1) is 17.8 Å². The van der Waals surface area contributed by atoms with Gasteiger partial charge in [-0.3, -0.25) is 9.59 Å². The average Bonchev–Trinajstić information content (AvgIpc) is 2.82. The number of carbonyl (C=O) groups excluding carboxylic acids is 3. The molecule has 0 spiro atoms. The number of hydrogen-bond acceptors (Lipinski definition) is 5. The van der Waals surface area contributed by atoms with Crippen LogP contribution in [0.4, 0.5) is 0 Å². The summed E-state index contributed by atoms with van der Waals surface area (Å²) in [6, 6.07) is 6.93. The fourth-order valence-electron chi connectivity index (χ4n) is 3.42. The van der Waals surface area contributed by atoms with Gasteiger partial charge >= 0.3 is 5.97 Å². The molecule has 1 aliphatic heterocycles. The van der Waals surface area contributed by atoms with E-state index >= 15 is 0 Å². The lowest BCUT2D eigenvalue weighted by Gasteiger charge is -2.37. The maximum atomic E-state index is 12.5. The Hall–Kier alpha value is -2.27. The molecule has 3 rings (SSSR count). The minimum Gasteiger partial charge on any atom is -0.445 e. The van der Waals surface area contributed by atoms with E-state index in [9.17, 15) is 14.4 Å². The van der Waals surface area contributed by atoms with Gasteiger partial charge in [-0.15, -0.1) is 0 Å². The van der Waals surface area contributed by atoms with Gasteiger partial charge in [-0.1, -0.05) is 17.7 Å². The van der Waals surface area contributed by atoms with Crippen LogP contribution in [0.3, 0.4) is 0 Å². The van der Waals surface area contributed by atoms with E-state index < -0.39 is 23.1 Å². The maximum Gasteiger partial charge on any atom is 0.339 e. The highest BCUT2D eigenvalue weighted by molar-refractivity contribution is 5.97. The molecule has 5 heteroatoms. The zero-order valence-corrected chi connectivity index (χ0v) is 14.0. The molecule has 1 heterocycles. The van der Waals surface area contributed by atoms with Crippen molar-refractivity contribution in [2.45, 2.75) is 38.4 Å². The topological polar surface area (TPSA) is 69.7 Å². The molecule has 0 amide bonds. The summed E-state index contributed by atoms with van der Waals surface area (Å²) in [5.41, 5.74) is -0.829.